The first kappa shape index (κ1) is 22.4. The number of aromatic nitrogens is 1. The SMILES string of the molecule is CCOC(=O)c1ccc(S(=O)(=O)N2CCN(c3ncc(C(F)(F)F)cc3Cl)CC2)o1. The van der Waals surface area contributed by atoms with Crippen molar-refractivity contribution in [1.29, 1.82) is 0 Å². The highest BCUT2D eigenvalue weighted by Crippen LogP contribution is 2.34. The Kier molecular flexibility index (Phi) is 6.29. The molecule has 2 aromatic heterocycles. The number of rotatable bonds is 5. The fraction of sp³-hybridized carbons (Fsp3) is 0.412. The summed E-state index contributed by atoms with van der Waals surface area (Å²) < 4.78 is 74.8. The predicted molar refractivity (Wildman–Crippen MR) is 99.9 cm³/mol. The van der Waals surface area contributed by atoms with Gasteiger partial charge >= 0.3 is 12.1 Å². The third-order valence-corrected chi connectivity index (χ3v) is 6.39. The van der Waals surface area contributed by atoms with Crippen molar-refractivity contribution in [2.24, 2.45) is 0 Å². The van der Waals surface area contributed by atoms with E-state index in [-0.39, 0.29) is 49.4 Å². The van der Waals surface area contributed by atoms with Gasteiger partial charge in [0, 0.05) is 32.4 Å². The lowest BCUT2D eigenvalue weighted by molar-refractivity contribution is -0.137. The monoisotopic (exact) mass is 467 g/mol. The van der Waals surface area contributed by atoms with Crippen LogP contribution in [-0.2, 0) is 20.9 Å². The van der Waals surface area contributed by atoms with Crippen LogP contribution in [0.2, 0.25) is 5.02 Å². The van der Waals surface area contributed by atoms with Gasteiger partial charge in [-0.25, -0.2) is 18.2 Å². The summed E-state index contributed by atoms with van der Waals surface area (Å²) in [7, 11) is -4.00. The van der Waals surface area contributed by atoms with E-state index in [1.54, 1.807) is 11.8 Å². The van der Waals surface area contributed by atoms with Crippen molar-refractivity contribution in [3.05, 3.63) is 40.7 Å². The average Bonchev–Trinajstić information content (AvgIpc) is 3.19. The number of ether oxygens (including phenoxy) is 1. The van der Waals surface area contributed by atoms with Crippen LogP contribution < -0.4 is 4.90 Å². The van der Waals surface area contributed by atoms with E-state index in [1.165, 1.54) is 12.1 Å². The molecule has 8 nitrogen and oxygen atoms in total. The van der Waals surface area contributed by atoms with E-state index >= 15 is 0 Å². The standard InChI is InChI=1S/C17H17ClF3N3O5S/c1-2-28-16(25)13-3-4-14(29-13)30(26,27)24-7-5-23(6-8-24)15-12(18)9-11(10-22-15)17(19,20)21/h3-4,9-10H,2,5-8H2,1H3. The topological polar surface area (TPSA) is 93.0 Å². The number of nitrogens with zero attached hydrogens (tertiary/aromatic N) is 3. The minimum Gasteiger partial charge on any atom is -0.460 e. The van der Waals surface area contributed by atoms with E-state index in [0.717, 1.165) is 10.4 Å². The largest absolute Gasteiger partial charge is 0.460 e. The van der Waals surface area contributed by atoms with Gasteiger partial charge in [0.2, 0.25) is 10.9 Å². The third kappa shape index (κ3) is 4.55. The second-order valence-electron chi connectivity index (χ2n) is 6.26. The van der Waals surface area contributed by atoms with E-state index in [2.05, 4.69) is 4.98 Å². The molecule has 0 unspecified atom stereocenters. The zero-order valence-corrected chi connectivity index (χ0v) is 17.2. The van der Waals surface area contributed by atoms with Crippen LogP contribution in [0.3, 0.4) is 0 Å². The van der Waals surface area contributed by atoms with Crippen molar-refractivity contribution in [3.8, 4) is 0 Å². The predicted octanol–water partition coefficient (Wildman–Crippen LogP) is 3.03. The number of furan rings is 1. The molecule has 164 valence electrons. The van der Waals surface area contributed by atoms with Gasteiger partial charge in [-0.15, -0.1) is 0 Å². The number of piperazine rings is 1. The first-order valence-electron chi connectivity index (χ1n) is 8.79. The molecule has 0 bridgehead atoms. The Balaban J connectivity index is 1.70. The highest BCUT2D eigenvalue weighted by atomic mass is 35.5. The maximum absolute atomic E-state index is 12.8. The lowest BCUT2D eigenvalue weighted by Gasteiger charge is -2.34. The van der Waals surface area contributed by atoms with Crippen LogP contribution >= 0.6 is 11.6 Å². The van der Waals surface area contributed by atoms with Crippen LogP contribution in [0.15, 0.2) is 33.9 Å². The Morgan fingerprint density at radius 3 is 2.50 bits per heavy atom. The Labute approximate surface area is 175 Å². The van der Waals surface area contributed by atoms with E-state index in [9.17, 15) is 26.4 Å². The maximum atomic E-state index is 12.8. The Morgan fingerprint density at radius 2 is 1.93 bits per heavy atom. The minimum atomic E-state index is -4.56. The molecule has 1 fully saturated rings. The zero-order valence-electron chi connectivity index (χ0n) is 15.6. The number of carbonyl (C=O) groups is 1. The summed E-state index contributed by atoms with van der Waals surface area (Å²) in [6.07, 6.45) is -3.88. The second kappa shape index (κ2) is 8.44. The van der Waals surface area contributed by atoms with Crippen molar-refractivity contribution in [3.63, 3.8) is 0 Å². The van der Waals surface area contributed by atoms with Crippen LogP contribution in [0.1, 0.15) is 23.0 Å². The number of sulfonamides is 1. The van der Waals surface area contributed by atoms with Gasteiger partial charge in [-0.1, -0.05) is 11.6 Å². The smallest absolute Gasteiger partial charge is 0.417 e. The van der Waals surface area contributed by atoms with Gasteiger partial charge in [0.15, 0.2) is 0 Å². The molecule has 30 heavy (non-hydrogen) atoms. The van der Waals surface area contributed by atoms with Gasteiger partial charge in [-0.3, -0.25) is 0 Å². The van der Waals surface area contributed by atoms with E-state index in [1.807, 2.05) is 0 Å². The minimum absolute atomic E-state index is 0.0246. The molecule has 2 aromatic rings. The van der Waals surface area contributed by atoms with Crippen molar-refractivity contribution < 1.29 is 35.5 Å². The highest BCUT2D eigenvalue weighted by Gasteiger charge is 2.34. The molecule has 13 heteroatoms. The molecule has 1 aliphatic heterocycles. The molecule has 0 amide bonds. The fourth-order valence-corrected chi connectivity index (χ4v) is 4.48. The summed E-state index contributed by atoms with van der Waals surface area (Å²) in [6, 6.07) is 3.17. The first-order valence-corrected chi connectivity index (χ1v) is 10.6. The Morgan fingerprint density at radius 1 is 1.27 bits per heavy atom. The lowest BCUT2D eigenvalue weighted by atomic mass is 10.2. The van der Waals surface area contributed by atoms with Gasteiger partial charge in [-0.05, 0) is 25.1 Å². The molecule has 0 aromatic carbocycles. The average molecular weight is 468 g/mol. The van der Waals surface area contributed by atoms with Gasteiger partial charge in [-0.2, -0.15) is 17.5 Å². The van der Waals surface area contributed by atoms with Crippen LogP contribution in [0, 0.1) is 0 Å². The Hall–Kier alpha value is -2.31. The number of hydrogen-bond donors (Lipinski definition) is 0. The summed E-state index contributed by atoms with van der Waals surface area (Å²) in [4.78, 5) is 17.0. The summed E-state index contributed by atoms with van der Waals surface area (Å²) in [5.41, 5.74) is -0.965. The summed E-state index contributed by atoms with van der Waals surface area (Å²) in [6.45, 7) is 2.08. The molecule has 0 saturated carbocycles. The number of hydrogen-bond acceptors (Lipinski definition) is 7. The van der Waals surface area contributed by atoms with Crippen molar-refractivity contribution >= 4 is 33.4 Å². The van der Waals surface area contributed by atoms with Gasteiger partial charge in [0.25, 0.3) is 10.0 Å². The molecule has 0 radical (unpaired) electrons. The molecular weight excluding hydrogens is 451 g/mol. The normalized spacial score (nSPS) is 16.0. The number of esters is 1. The number of anilines is 1. The van der Waals surface area contributed by atoms with E-state index in [4.69, 9.17) is 20.8 Å². The van der Waals surface area contributed by atoms with E-state index < -0.39 is 32.8 Å². The van der Waals surface area contributed by atoms with E-state index in [0.29, 0.717) is 6.20 Å². The van der Waals surface area contributed by atoms with Gasteiger partial charge in [0.1, 0.15) is 5.82 Å². The van der Waals surface area contributed by atoms with Crippen molar-refractivity contribution in [1.82, 2.24) is 9.29 Å². The first-order chi connectivity index (χ1) is 14.0. The fourth-order valence-electron chi connectivity index (χ4n) is 2.86. The molecule has 3 heterocycles. The molecule has 1 aliphatic rings. The van der Waals surface area contributed by atoms with Crippen molar-refractivity contribution in [2.75, 3.05) is 37.7 Å². The van der Waals surface area contributed by atoms with Gasteiger partial charge < -0.3 is 14.1 Å². The number of carbonyl (C=O) groups excluding carboxylic acids is 1. The molecule has 0 atom stereocenters. The third-order valence-electron chi connectivity index (χ3n) is 4.34. The molecule has 0 aliphatic carbocycles. The van der Waals surface area contributed by atoms with Gasteiger partial charge in [0.05, 0.1) is 17.2 Å². The lowest BCUT2D eigenvalue weighted by Crippen LogP contribution is -2.49. The van der Waals surface area contributed by atoms with Crippen LogP contribution in [0.5, 0.6) is 0 Å². The molecule has 3 rings (SSSR count). The molecule has 0 N–H and O–H groups in total. The van der Waals surface area contributed by atoms with Crippen LogP contribution in [0.4, 0.5) is 19.0 Å². The molecule has 1 saturated heterocycles. The summed E-state index contributed by atoms with van der Waals surface area (Å²) in [5, 5.41) is -0.573. The second-order valence-corrected chi connectivity index (χ2v) is 8.53. The number of pyridine rings is 1. The van der Waals surface area contributed by atoms with Crippen LogP contribution in [0.25, 0.3) is 0 Å². The van der Waals surface area contributed by atoms with Crippen molar-refractivity contribution in [2.45, 2.75) is 18.2 Å². The Bertz CT molecular complexity index is 1030. The number of alkyl halides is 3. The molecule has 0 spiro atoms. The maximum Gasteiger partial charge on any atom is 0.417 e. The zero-order chi connectivity index (χ0) is 22.1. The van der Waals surface area contributed by atoms with Crippen LogP contribution in [-0.4, -0.2) is 56.5 Å². The molecular formula is C17H17ClF3N3O5S. The summed E-state index contributed by atoms with van der Waals surface area (Å²) in [5.74, 6) is -0.856. The highest BCUT2D eigenvalue weighted by molar-refractivity contribution is 7.89. The quantitative estimate of drug-likeness (QED) is 0.624. The number of halogens is 4. The summed E-state index contributed by atoms with van der Waals surface area (Å²) >= 11 is 5.95.